The summed E-state index contributed by atoms with van der Waals surface area (Å²) in [6.45, 7) is -0.00708. The molecule has 3 aromatic rings. The van der Waals surface area contributed by atoms with Crippen molar-refractivity contribution in [3.8, 4) is 11.8 Å². The number of esters is 1. The van der Waals surface area contributed by atoms with Crippen LogP contribution in [0.15, 0.2) is 53.9 Å². The van der Waals surface area contributed by atoms with E-state index in [0.717, 1.165) is 15.6 Å². The third-order valence-electron chi connectivity index (χ3n) is 3.30. The molecule has 3 rings (SSSR count). The minimum absolute atomic E-state index is 0.214. The first kappa shape index (κ1) is 15.1. The van der Waals surface area contributed by atoms with Gasteiger partial charge < -0.3 is 9.47 Å². The fourth-order valence-corrected chi connectivity index (χ4v) is 3.11. The third kappa shape index (κ3) is 3.50. The van der Waals surface area contributed by atoms with Gasteiger partial charge in [0.25, 0.3) is 0 Å². The summed E-state index contributed by atoms with van der Waals surface area (Å²) in [6.07, 6.45) is 0. The lowest BCUT2D eigenvalue weighted by Gasteiger charge is -2.07. The van der Waals surface area contributed by atoms with E-state index >= 15 is 0 Å². The molecule has 0 spiro atoms. The Morgan fingerprint density at radius 1 is 1.13 bits per heavy atom. The number of fused-ring (bicyclic) bond motifs is 1. The number of benzene rings is 2. The molecule has 0 aliphatic heterocycles. The van der Waals surface area contributed by atoms with Gasteiger partial charge in [-0.05, 0) is 29.0 Å². The summed E-state index contributed by atoms with van der Waals surface area (Å²) >= 11 is 1.62. The molecule has 1 heterocycles. The number of hydrogen-bond acceptors (Lipinski definition) is 5. The van der Waals surface area contributed by atoms with Crippen molar-refractivity contribution in [2.75, 3.05) is 6.61 Å². The molecule has 23 heavy (non-hydrogen) atoms. The van der Waals surface area contributed by atoms with E-state index in [1.165, 1.54) is 0 Å². The van der Waals surface area contributed by atoms with Crippen LogP contribution in [0.3, 0.4) is 0 Å². The summed E-state index contributed by atoms with van der Waals surface area (Å²) in [4.78, 5) is 11.8. The van der Waals surface area contributed by atoms with Gasteiger partial charge in [-0.25, -0.2) is 4.79 Å². The summed E-state index contributed by atoms with van der Waals surface area (Å²) in [5.74, 6) is -0.0824. The van der Waals surface area contributed by atoms with E-state index in [-0.39, 0.29) is 13.2 Å². The monoisotopic (exact) mass is 323 g/mol. The van der Waals surface area contributed by atoms with Gasteiger partial charge in [0, 0.05) is 10.3 Å². The Morgan fingerprint density at radius 3 is 2.78 bits per heavy atom. The number of thiophene rings is 1. The number of para-hydroxylation sites is 1. The first-order chi connectivity index (χ1) is 11.3. The molecule has 0 fully saturated rings. The number of ether oxygens (including phenoxy) is 2. The Labute approximate surface area is 137 Å². The van der Waals surface area contributed by atoms with Crippen LogP contribution >= 0.6 is 11.3 Å². The second-order valence-electron chi connectivity index (χ2n) is 4.81. The predicted molar refractivity (Wildman–Crippen MR) is 88.3 cm³/mol. The van der Waals surface area contributed by atoms with E-state index < -0.39 is 5.97 Å². The van der Waals surface area contributed by atoms with Crippen LogP contribution in [0.25, 0.3) is 10.1 Å². The zero-order valence-electron chi connectivity index (χ0n) is 12.2. The van der Waals surface area contributed by atoms with Crippen molar-refractivity contribution in [3.05, 3.63) is 65.0 Å². The second-order valence-corrected chi connectivity index (χ2v) is 5.73. The average Bonchev–Trinajstić information content (AvgIpc) is 3.01. The van der Waals surface area contributed by atoms with Crippen LogP contribution in [0.2, 0.25) is 0 Å². The summed E-state index contributed by atoms with van der Waals surface area (Å²) in [5.41, 5.74) is 1.38. The lowest BCUT2D eigenvalue weighted by atomic mass is 10.2. The number of rotatable bonds is 5. The van der Waals surface area contributed by atoms with Gasteiger partial charge in [0.2, 0.25) is 0 Å². The highest BCUT2D eigenvalue weighted by molar-refractivity contribution is 7.17. The Bertz CT molecular complexity index is 879. The first-order valence-electron chi connectivity index (χ1n) is 7.00. The number of carbonyl (C=O) groups is 1. The Hall–Kier alpha value is -2.84. The summed E-state index contributed by atoms with van der Waals surface area (Å²) in [5, 5.41) is 12.1. The largest absolute Gasteiger partial charge is 0.481 e. The highest BCUT2D eigenvalue weighted by atomic mass is 32.1. The fraction of sp³-hybridized carbons (Fsp3) is 0.111. The van der Waals surface area contributed by atoms with Gasteiger partial charge in [-0.3, -0.25) is 0 Å². The van der Waals surface area contributed by atoms with E-state index in [1.807, 2.05) is 35.7 Å². The SMILES string of the molecule is N#Cc1ccccc1OCC(=O)OCc1csc2ccccc12. The van der Waals surface area contributed by atoms with Crippen molar-refractivity contribution in [3.63, 3.8) is 0 Å². The molecule has 2 aromatic carbocycles. The minimum Gasteiger partial charge on any atom is -0.481 e. The van der Waals surface area contributed by atoms with Crippen LogP contribution in [0, 0.1) is 11.3 Å². The second kappa shape index (κ2) is 6.95. The van der Waals surface area contributed by atoms with Gasteiger partial charge in [0.15, 0.2) is 6.61 Å². The highest BCUT2D eigenvalue weighted by Gasteiger charge is 2.09. The van der Waals surface area contributed by atoms with Gasteiger partial charge in [-0.2, -0.15) is 5.26 Å². The molecule has 5 heteroatoms. The average molecular weight is 323 g/mol. The van der Waals surface area contributed by atoms with E-state index in [4.69, 9.17) is 14.7 Å². The van der Waals surface area contributed by atoms with E-state index in [9.17, 15) is 4.79 Å². The molecule has 0 aliphatic rings. The third-order valence-corrected chi connectivity index (χ3v) is 4.32. The van der Waals surface area contributed by atoms with Crippen molar-refractivity contribution < 1.29 is 14.3 Å². The Balaban J connectivity index is 1.57. The lowest BCUT2D eigenvalue weighted by Crippen LogP contribution is -2.15. The van der Waals surface area contributed by atoms with E-state index in [0.29, 0.717) is 11.3 Å². The highest BCUT2D eigenvalue weighted by Crippen LogP contribution is 2.26. The topological polar surface area (TPSA) is 59.3 Å². The molecule has 0 radical (unpaired) electrons. The van der Waals surface area contributed by atoms with Crippen LogP contribution in [0.5, 0.6) is 5.75 Å². The predicted octanol–water partition coefficient (Wildman–Crippen LogP) is 3.90. The maximum absolute atomic E-state index is 11.8. The van der Waals surface area contributed by atoms with Crippen LogP contribution in [-0.2, 0) is 16.1 Å². The standard InChI is InChI=1S/C18H13NO3S/c19-9-13-5-1-3-7-16(13)21-11-18(20)22-10-14-12-23-17-8-4-2-6-15(14)17/h1-8,12H,10-11H2. The number of nitriles is 1. The van der Waals surface area contributed by atoms with Crippen LogP contribution in [-0.4, -0.2) is 12.6 Å². The number of carbonyl (C=O) groups excluding carboxylic acids is 1. The van der Waals surface area contributed by atoms with Crippen LogP contribution in [0.1, 0.15) is 11.1 Å². The lowest BCUT2D eigenvalue weighted by molar-refractivity contribution is -0.147. The molecular weight excluding hydrogens is 310 g/mol. The van der Waals surface area contributed by atoms with Crippen molar-refractivity contribution in [2.24, 2.45) is 0 Å². The molecule has 0 unspecified atom stereocenters. The van der Waals surface area contributed by atoms with Gasteiger partial charge in [0.05, 0.1) is 5.56 Å². The molecule has 0 saturated carbocycles. The summed E-state index contributed by atoms with van der Waals surface area (Å²) in [7, 11) is 0. The van der Waals surface area contributed by atoms with Crippen LogP contribution < -0.4 is 4.74 Å². The zero-order valence-corrected chi connectivity index (χ0v) is 13.0. The molecule has 0 saturated heterocycles. The van der Waals surface area contributed by atoms with Crippen molar-refractivity contribution in [1.29, 1.82) is 5.26 Å². The number of hydrogen-bond donors (Lipinski definition) is 0. The maximum Gasteiger partial charge on any atom is 0.344 e. The quantitative estimate of drug-likeness (QED) is 0.668. The molecule has 114 valence electrons. The smallest absolute Gasteiger partial charge is 0.344 e. The van der Waals surface area contributed by atoms with Crippen molar-refractivity contribution in [2.45, 2.75) is 6.61 Å². The minimum atomic E-state index is -0.465. The molecule has 1 aromatic heterocycles. The Kier molecular flexibility index (Phi) is 4.55. The maximum atomic E-state index is 11.8. The molecule has 0 amide bonds. The molecule has 4 nitrogen and oxygen atoms in total. The van der Waals surface area contributed by atoms with Gasteiger partial charge >= 0.3 is 5.97 Å². The van der Waals surface area contributed by atoms with Gasteiger partial charge in [0.1, 0.15) is 18.4 Å². The zero-order chi connectivity index (χ0) is 16.1. The summed E-state index contributed by atoms with van der Waals surface area (Å²) in [6, 6.07) is 16.8. The van der Waals surface area contributed by atoms with Gasteiger partial charge in [-0.1, -0.05) is 30.3 Å². The van der Waals surface area contributed by atoms with Crippen molar-refractivity contribution in [1.82, 2.24) is 0 Å². The first-order valence-corrected chi connectivity index (χ1v) is 7.88. The van der Waals surface area contributed by atoms with E-state index in [1.54, 1.807) is 35.6 Å². The molecule has 0 atom stereocenters. The molecular formula is C18H13NO3S. The normalized spacial score (nSPS) is 10.2. The fourth-order valence-electron chi connectivity index (χ4n) is 2.17. The van der Waals surface area contributed by atoms with Crippen molar-refractivity contribution >= 4 is 27.4 Å². The summed E-state index contributed by atoms with van der Waals surface area (Å²) < 4.78 is 11.8. The Morgan fingerprint density at radius 2 is 1.91 bits per heavy atom. The molecule has 0 bridgehead atoms. The van der Waals surface area contributed by atoms with Crippen LogP contribution in [0.4, 0.5) is 0 Å². The molecule has 0 N–H and O–H groups in total. The molecule has 0 aliphatic carbocycles. The van der Waals surface area contributed by atoms with Gasteiger partial charge in [-0.15, -0.1) is 11.3 Å². The van der Waals surface area contributed by atoms with E-state index in [2.05, 4.69) is 0 Å². The number of nitrogens with zero attached hydrogens (tertiary/aromatic N) is 1.